The molecule has 0 aliphatic carbocycles. The molecule has 0 aromatic heterocycles. The summed E-state index contributed by atoms with van der Waals surface area (Å²) in [7, 11) is 0. The maximum absolute atomic E-state index is 12.6. The van der Waals surface area contributed by atoms with E-state index in [0.717, 1.165) is 30.7 Å². The van der Waals surface area contributed by atoms with Crippen molar-refractivity contribution in [3.05, 3.63) is 29.3 Å². The van der Waals surface area contributed by atoms with Crippen LogP contribution in [0.2, 0.25) is 0 Å². The summed E-state index contributed by atoms with van der Waals surface area (Å²) in [6, 6.07) is 3.41. The Kier molecular flexibility index (Phi) is 6.61. The minimum atomic E-state index is -4.39. The third kappa shape index (κ3) is 5.20. The first kappa shape index (κ1) is 17.1. The number of alkyl halides is 3. The van der Waals surface area contributed by atoms with Gasteiger partial charge in [-0.1, -0.05) is 12.2 Å². The SMILES string of the molecule is CSCCCCNc1ccc(C(F)(F)F)cc1C(N)=S. The van der Waals surface area contributed by atoms with Crippen LogP contribution in [0.15, 0.2) is 18.2 Å². The summed E-state index contributed by atoms with van der Waals surface area (Å²) in [6.45, 7) is 0.682. The average Bonchev–Trinajstić information content (AvgIpc) is 2.37. The molecule has 20 heavy (non-hydrogen) atoms. The minimum Gasteiger partial charge on any atom is -0.389 e. The van der Waals surface area contributed by atoms with Crippen molar-refractivity contribution in [2.75, 3.05) is 23.9 Å². The summed E-state index contributed by atoms with van der Waals surface area (Å²) in [5.74, 6) is 1.07. The van der Waals surface area contributed by atoms with Gasteiger partial charge in [0.1, 0.15) is 4.99 Å². The molecule has 7 heteroatoms. The number of nitrogens with two attached hydrogens (primary N) is 1. The second-order valence-electron chi connectivity index (χ2n) is 4.25. The van der Waals surface area contributed by atoms with Crippen LogP contribution >= 0.6 is 24.0 Å². The number of thioether (sulfide) groups is 1. The highest BCUT2D eigenvalue weighted by molar-refractivity contribution is 7.98. The molecule has 0 heterocycles. The highest BCUT2D eigenvalue weighted by Crippen LogP contribution is 2.31. The summed E-state index contributed by atoms with van der Waals surface area (Å²) in [5, 5.41) is 3.09. The Morgan fingerprint density at radius 1 is 1.35 bits per heavy atom. The van der Waals surface area contributed by atoms with E-state index < -0.39 is 11.7 Å². The lowest BCUT2D eigenvalue weighted by atomic mass is 10.1. The van der Waals surface area contributed by atoms with Crippen LogP contribution in [0.3, 0.4) is 0 Å². The van der Waals surface area contributed by atoms with E-state index in [1.807, 2.05) is 6.26 Å². The fourth-order valence-corrected chi connectivity index (χ4v) is 2.33. The molecule has 1 aromatic rings. The van der Waals surface area contributed by atoms with Gasteiger partial charge in [-0.25, -0.2) is 0 Å². The Morgan fingerprint density at radius 2 is 2.05 bits per heavy atom. The largest absolute Gasteiger partial charge is 0.416 e. The van der Waals surface area contributed by atoms with Gasteiger partial charge in [-0.2, -0.15) is 24.9 Å². The maximum atomic E-state index is 12.6. The predicted molar refractivity (Wildman–Crippen MR) is 83.4 cm³/mol. The molecule has 0 saturated heterocycles. The fraction of sp³-hybridized carbons (Fsp3) is 0.462. The van der Waals surface area contributed by atoms with Gasteiger partial charge in [0.05, 0.1) is 5.56 Å². The van der Waals surface area contributed by atoms with E-state index in [1.165, 1.54) is 6.07 Å². The molecule has 0 aliphatic heterocycles. The first-order valence-corrected chi connectivity index (χ1v) is 7.90. The molecular formula is C13H17F3N2S2. The molecule has 0 bridgehead atoms. The number of nitrogens with one attached hydrogen (secondary N) is 1. The van der Waals surface area contributed by atoms with Crippen molar-refractivity contribution in [1.82, 2.24) is 0 Å². The first-order valence-electron chi connectivity index (χ1n) is 6.10. The highest BCUT2D eigenvalue weighted by atomic mass is 32.2. The number of anilines is 1. The van der Waals surface area contributed by atoms with E-state index in [-0.39, 0.29) is 10.6 Å². The normalized spacial score (nSPS) is 11.4. The molecule has 1 rings (SSSR count). The molecule has 3 N–H and O–H groups in total. The number of halogens is 3. The van der Waals surface area contributed by atoms with Crippen molar-refractivity contribution < 1.29 is 13.2 Å². The highest BCUT2D eigenvalue weighted by Gasteiger charge is 2.31. The second-order valence-corrected chi connectivity index (χ2v) is 5.67. The van der Waals surface area contributed by atoms with E-state index >= 15 is 0 Å². The monoisotopic (exact) mass is 322 g/mol. The number of rotatable bonds is 7. The molecule has 0 fully saturated rings. The van der Waals surface area contributed by atoms with Gasteiger partial charge in [0.15, 0.2) is 0 Å². The summed E-state index contributed by atoms with van der Waals surface area (Å²) >= 11 is 6.59. The Morgan fingerprint density at radius 3 is 2.60 bits per heavy atom. The number of thiocarbonyl (C=S) groups is 1. The molecule has 1 aromatic carbocycles. The molecule has 0 atom stereocenters. The van der Waals surface area contributed by atoms with E-state index in [9.17, 15) is 13.2 Å². The van der Waals surface area contributed by atoms with Gasteiger partial charge >= 0.3 is 6.18 Å². The third-order valence-electron chi connectivity index (χ3n) is 2.70. The van der Waals surface area contributed by atoms with Crippen LogP contribution in [0.4, 0.5) is 18.9 Å². The van der Waals surface area contributed by atoms with Crippen LogP contribution in [-0.2, 0) is 6.18 Å². The zero-order chi connectivity index (χ0) is 15.2. The zero-order valence-electron chi connectivity index (χ0n) is 11.1. The lowest BCUT2D eigenvalue weighted by Crippen LogP contribution is -2.16. The van der Waals surface area contributed by atoms with Crippen LogP contribution < -0.4 is 11.1 Å². The van der Waals surface area contributed by atoms with Crippen LogP contribution in [0.1, 0.15) is 24.0 Å². The lowest BCUT2D eigenvalue weighted by Gasteiger charge is -2.14. The Labute approximate surface area is 126 Å². The minimum absolute atomic E-state index is 0.0392. The van der Waals surface area contributed by atoms with Gasteiger partial charge in [-0.3, -0.25) is 0 Å². The van der Waals surface area contributed by atoms with E-state index in [0.29, 0.717) is 12.2 Å². The number of unbranched alkanes of at least 4 members (excludes halogenated alkanes) is 1. The Hall–Kier alpha value is -0.950. The van der Waals surface area contributed by atoms with E-state index in [2.05, 4.69) is 5.32 Å². The zero-order valence-corrected chi connectivity index (χ0v) is 12.7. The maximum Gasteiger partial charge on any atom is 0.416 e. The van der Waals surface area contributed by atoms with Gasteiger partial charge in [0.2, 0.25) is 0 Å². The van der Waals surface area contributed by atoms with Crippen molar-refractivity contribution in [3.63, 3.8) is 0 Å². The van der Waals surface area contributed by atoms with Crippen molar-refractivity contribution in [1.29, 1.82) is 0 Å². The molecule has 0 radical (unpaired) electrons. The number of hydrogen-bond donors (Lipinski definition) is 2. The molecule has 0 unspecified atom stereocenters. The quantitative estimate of drug-likeness (QED) is 0.590. The number of benzene rings is 1. The molecule has 0 amide bonds. The Bertz CT molecular complexity index is 461. The molecule has 0 saturated carbocycles. The van der Waals surface area contributed by atoms with Gasteiger partial charge in [-0.15, -0.1) is 0 Å². The van der Waals surface area contributed by atoms with Crippen LogP contribution in [0.5, 0.6) is 0 Å². The van der Waals surface area contributed by atoms with Gasteiger partial charge in [-0.05, 0) is 43.0 Å². The van der Waals surface area contributed by atoms with Gasteiger partial charge in [0, 0.05) is 17.8 Å². The standard InChI is InChI=1S/C13H17F3N2S2/c1-20-7-3-2-6-18-11-5-4-9(13(14,15)16)8-10(11)12(17)19/h4-5,8,18H,2-3,6-7H2,1H3,(H2,17,19). The van der Waals surface area contributed by atoms with Crippen LogP contribution in [0, 0.1) is 0 Å². The van der Waals surface area contributed by atoms with Gasteiger partial charge < -0.3 is 11.1 Å². The predicted octanol–water partition coefficient (Wildman–Crippen LogP) is 3.89. The average molecular weight is 322 g/mol. The third-order valence-corrected chi connectivity index (χ3v) is 3.62. The topological polar surface area (TPSA) is 38.0 Å². The molecule has 2 nitrogen and oxygen atoms in total. The van der Waals surface area contributed by atoms with Crippen molar-refractivity contribution in [3.8, 4) is 0 Å². The summed E-state index contributed by atoms with van der Waals surface area (Å²) in [6.07, 6.45) is -0.361. The molecule has 112 valence electrons. The fourth-order valence-electron chi connectivity index (χ4n) is 1.67. The smallest absolute Gasteiger partial charge is 0.389 e. The van der Waals surface area contributed by atoms with Crippen molar-refractivity contribution in [2.24, 2.45) is 5.73 Å². The lowest BCUT2D eigenvalue weighted by molar-refractivity contribution is -0.137. The summed E-state index contributed by atoms with van der Waals surface area (Å²) in [4.78, 5) is -0.0392. The van der Waals surface area contributed by atoms with Crippen LogP contribution in [0.25, 0.3) is 0 Å². The van der Waals surface area contributed by atoms with Gasteiger partial charge in [0.25, 0.3) is 0 Å². The second kappa shape index (κ2) is 7.73. The Balaban J connectivity index is 2.78. The van der Waals surface area contributed by atoms with E-state index in [1.54, 1.807) is 11.8 Å². The number of hydrogen-bond acceptors (Lipinski definition) is 3. The van der Waals surface area contributed by atoms with E-state index in [4.69, 9.17) is 18.0 Å². The molecule has 0 spiro atoms. The van der Waals surface area contributed by atoms with Crippen molar-refractivity contribution >= 4 is 34.7 Å². The first-order chi connectivity index (χ1) is 9.36. The van der Waals surface area contributed by atoms with Crippen molar-refractivity contribution in [2.45, 2.75) is 19.0 Å². The molecular weight excluding hydrogens is 305 g/mol. The molecule has 0 aliphatic rings. The summed E-state index contributed by atoms with van der Waals surface area (Å²) in [5.41, 5.74) is 5.54. The summed E-state index contributed by atoms with van der Waals surface area (Å²) < 4.78 is 37.9. The van der Waals surface area contributed by atoms with Crippen LogP contribution in [-0.4, -0.2) is 23.5 Å².